The lowest BCUT2D eigenvalue weighted by molar-refractivity contribution is -0.142. The molecule has 0 saturated carbocycles. The maximum Gasteiger partial charge on any atom is 0.310 e. The van der Waals surface area contributed by atoms with Gasteiger partial charge in [-0.25, -0.2) is 4.39 Å². The van der Waals surface area contributed by atoms with Crippen LogP contribution in [0.2, 0.25) is 0 Å². The van der Waals surface area contributed by atoms with Crippen LogP contribution in [0.25, 0.3) is 0 Å². The SMILES string of the molecule is CC(C)(C)O.CCOC(=O)Cc1c(C)c(C)c2c(c1C)CN(C=O)C2.Cc1cccc(F)c1. The summed E-state index contributed by atoms with van der Waals surface area (Å²) in [5, 5.41) is 8.52. The average Bonchev–Trinajstić information content (AvgIpc) is 3.14. The Labute approximate surface area is 197 Å². The van der Waals surface area contributed by atoms with Gasteiger partial charge in [-0.05, 0) is 106 Å². The van der Waals surface area contributed by atoms with E-state index in [1.54, 1.807) is 31.7 Å². The lowest BCUT2D eigenvalue weighted by Gasteiger charge is -2.17. The van der Waals surface area contributed by atoms with E-state index in [1.165, 1.54) is 28.8 Å². The van der Waals surface area contributed by atoms with Crippen molar-refractivity contribution in [1.29, 1.82) is 0 Å². The number of rotatable bonds is 4. The molecule has 1 aliphatic rings. The summed E-state index contributed by atoms with van der Waals surface area (Å²) in [4.78, 5) is 24.5. The predicted octanol–water partition coefficient (Wildman–Crippen LogP) is 5.10. The summed E-state index contributed by atoms with van der Waals surface area (Å²) in [6, 6.07) is 6.50. The third-order valence-corrected chi connectivity index (χ3v) is 5.22. The highest BCUT2D eigenvalue weighted by Gasteiger charge is 2.25. The largest absolute Gasteiger partial charge is 0.466 e. The summed E-state index contributed by atoms with van der Waals surface area (Å²) in [5.74, 6) is -0.353. The van der Waals surface area contributed by atoms with E-state index in [0.29, 0.717) is 26.1 Å². The third-order valence-electron chi connectivity index (χ3n) is 5.22. The maximum atomic E-state index is 12.2. The minimum atomic E-state index is -0.500. The second-order valence-corrected chi connectivity index (χ2v) is 9.27. The van der Waals surface area contributed by atoms with Gasteiger partial charge in [0.1, 0.15) is 5.82 Å². The van der Waals surface area contributed by atoms with Crippen molar-refractivity contribution in [3.8, 4) is 0 Å². The zero-order valence-corrected chi connectivity index (χ0v) is 21.2. The third kappa shape index (κ3) is 9.34. The van der Waals surface area contributed by atoms with Crippen molar-refractivity contribution >= 4 is 12.4 Å². The van der Waals surface area contributed by atoms with Crippen LogP contribution >= 0.6 is 0 Å². The predicted molar refractivity (Wildman–Crippen MR) is 129 cm³/mol. The normalized spacial score (nSPS) is 12.1. The van der Waals surface area contributed by atoms with Gasteiger partial charge < -0.3 is 14.7 Å². The van der Waals surface area contributed by atoms with E-state index in [1.807, 2.05) is 33.8 Å². The van der Waals surface area contributed by atoms with E-state index in [0.717, 1.165) is 28.7 Å². The van der Waals surface area contributed by atoms with Crippen LogP contribution in [0.15, 0.2) is 24.3 Å². The van der Waals surface area contributed by atoms with Gasteiger partial charge in [-0.15, -0.1) is 0 Å². The van der Waals surface area contributed by atoms with Crippen LogP contribution in [-0.2, 0) is 33.8 Å². The van der Waals surface area contributed by atoms with E-state index in [9.17, 15) is 14.0 Å². The van der Waals surface area contributed by atoms with Gasteiger partial charge in [0, 0.05) is 13.1 Å². The standard InChI is InChI=1S/C16H21NO3.C7H7F.C4H10O/c1-5-20-16(19)6-13-10(2)11(3)14-7-17(9-18)8-15(14)12(13)4;1-6-3-2-4-7(8)5-6;1-4(2,3)5/h9H,5-8H2,1-4H3;2-5H,1H3;5H,1-3H3. The van der Waals surface area contributed by atoms with E-state index >= 15 is 0 Å². The molecule has 0 unspecified atom stereocenters. The first-order valence-corrected chi connectivity index (χ1v) is 11.2. The van der Waals surface area contributed by atoms with Crippen LogP contribution < -0.4 is 0 Å². The van der Waals surface area contributed by atoms with Gasteiger partial charge >= 0.3 is 5.97 Å². The van der Waals surface area contributed by atoms with E-state index in [4.69, 9.17) is 9.84 Å². The Morgan fingerprint density at radius 3 is 2.06 bits per heavy atom. The highest BCUT2D eigenvalue weighted by molar-refractivity contribution is 5.74. The fourth-order valence-corrected chi connectivity index (χ4v) is 3.56. The zero-order valence-electron chi connectivity index (χ0n) is 21.2. The molecule has 0 aliphatic carbocycles. The Morgan fingerprint density at radius 2 is 1.64 bits per heavy atom. The maximum absolute atomic E-state index is 12.2. The Hall–Kier alpha value is -2.73. The minimum absolute atomic E-state index is 0.162. The van der Waals surface area contributed by atoms with Crippen molar-refractivity contribution in [3.05, 3.63) is 69.0 Å². The van der Waals surface area contributed by atoms with Crippen LogP contribution in [0, 0.1) is 33.5 Å². The molecule has 0 aromatic heterocycles. The second kappa shape index (κ2) is 12.5. The molecule has 0 fully saturated rings. The molecule has 2 aromatic carbocycles. The van der Waals surface area contributed by atoms with Gasteiger partial charge in [-0.2, -0.15) is 0 Å². The zero-order chi connectivity index (χ0) is 25.3. The number of carbonyl (C=O) groups excluding carboxylic acids is 2. The van der Waals surface area contributed by atoms with Crippen molar-refractivity contribution in [2.24, 2.45) is 0 Å². The molecule has 33 heavy (non-hydrogen) atoms. The highest BCUT2D eigenvalue weighted by atomic mass is 19.1. The smallest absolute Gasteiger partial charge is 0.310 e. The molecule has 1 amide bonds. The molecule has 0 saturated heterocycles. The fraction of sp³-hybridized carbons (Fsp3) is 0.481. The average molecular weight is 460 g/mol. The molecular weight excluding hydrogens is 421 g/mol. The van der Waals surface area contributed by atoms with Crippen molar-refractivity contribution in [3.63, 3.8) is 0 Å². The van der Waals surface area contributed by atoms with Crippen LogP contribution in [0.3, 0.4) is 0 Å². The number of hydrogen-bond donors (Lipinski definition) is 1. The number of carbonyl (C=O) groups is 2. The Balaban J connectivity index is 0.000000343. The van der Waals surface area contributed by atoms with Crippen molar-refractivity contribution < 1.29 is 23.8 Å². The molecule has 3 rings (SSSR count). The Kier molecular flexibility index (Phi) is 10.7. The molecule has 6 heteroatoms. The van der Waals surface area contributed by atoms with Crippen LogP contribution in [-0.4, -0.2) is 34.6 Å². The molecule has 1 aliphatic heterocycles. The summed E-state index contributed by atoms with van der Waals surface area (Å²) >= 11 is 0. The first-order valence-electron chi connectivity index (χ1n) is 11.2. The minimum Gasteiger partial charge on any atom is -0.466 e. The summed E-state index contributed by atoms with van der Waals surface area (Å²) in [7, 11) is 0. The van der Waals surface area contributed by atoms with E-state index < -0.39 is 5.60 Å². The summed E-state index contributed by atoms with van der Waals surface area (Å²) in [6.07, 6.45) is 1.19. The van der Waals surface area contributed by atoms with Gasteiger partial charge in [0.05, 0.1) is 18.6 Å². The quantitative estimate of drug-likeness (QED) is 0.510. The van der Waals surface area contributed by atoms with Crippen LogP contribution in [0.5, 0.6) is 0 Å². The molecule has 0 bridgehead atoms. The second-order valence-electron chi connectivity index (χ2n) is 9.27. The van der Waals surface area contributed by atoms with Crippen molar-refractivity contribution in [1.82, 2.24) is 4.90 Å². The van der Waals surface area contributed by atoms with Gasteiger partial charge in [0.15, 0.2) is 0 Å². The van der Waals surface area contributed by atoms with E-state index in [2.05, 4.69) is 6.92 Å². The number of esters is 1. The van der Waals surface area contributed by atoms with Gasteiger partial charge in [0.25, 0.3) is 0 Å². The van der Waals surface area contributed by atoms with Crippen molar-refractivity contribution in [2.75, 3.05) is 6.61 Å². The lowest BCUT2D eigenvalue weighted by Crippen LogP contribution is -2.13. The van der Waals surface area contributed by atoms with Gasteiger partial charge in [0.2, 0.25) is 6.41 Å². The summed E-state index contributed by atoms with van der Waals surface area (Å²) in [6.45, 7) is 16.8. The number of hydrogen-bond acceptors (Lipinski definition) is 4. The van der Waals surface area contributed by atoms with Crippen LogP contribution in [0.4, 0.5) is 4.39 Å². The molecule has 2 aromatic rings. The molecule has 5 nitrogen and oxygen atoms in total. The number of aliphatic hydroxyl groups is 1. The Bertz CT molecular complexity index is 940. The highest BCUT2D eigenvalue weighted by Crippen LogP contribution is 2.33. The number of ether oxygens (including phenoxy) is 1. The molecule has 0 radical (unpaired) electrons. The molecule has 1 heterocycles. The van der Waals surface area contributed by atoms with Crippen LogP contribution in [0.1, 0.15) is 66.6 Å². The van der Waals surface area contributed by atoms with Gasteiger partial charge in [-0.1, -0.05) is 12.1 Å². The number of fused-ring (bicyclic) bond motifs is 1. The fourth-order valence-electron chi connectivity index (χ4n) is 3.56. The molecular formula is C27H38FNO4. The lowest BCUT2D eigenvalue weighted by atomic mass is 9.88. The number of amides is 1. The first kappa shape index (κ1) is 28.3. The van der Waals surface area contributed by atoms with Crippen molar-refractivity contribution in [2.45, 2.75) is 80.5 Å². The molecule has 0 spiro atoms. The number of halogens is 1. The monoisotopic (exact) mass is 459 g/mol. The molecule has 0 atom stereocenters. The molecule has 182 valence electrons. The molecule has 1 N–H and O–H groups in total. The van der Waals surface area contributed by atoms with Gasteiger partial charge in [-0.3, -0.25) is 9.59 Å². The number of nitrogens with zero attached hydrogens (tertiary/aromatic N) is 1. The Morgan fingerprint density at radius 1 is 1.09 bits per heavy atom. The summed E-state index contributed by atoms with van der Waals surface area (Å²) in [5.41, 5.74) is 7.40. The first-order chi connectivity index (χ1) is 15.3. The number of aryl methyl sites for hydroxylation is 1. The number of benzene rings is 2. The summed E-state index contributed by atoms with van der Waals surface area (Å²) < 4.78 is 17.2. The topological polar surface area (TPSA) is 66.8 Å². The van der Waals surface area contributed by atoms with E-state index in [-0.39, 0.29) is 11.8 Å².